The van der Waals surface area contributed by atoms with Gasteiger partial charge in [-0.15, -0.1) is 15.3 Å². The van der Waals surface area contributed by atoms with Crippen molar-refractivity contribution >= 4 is 82.6 Å². The van der Waals surface area contributed by atoms with Gasteiger partial charge in [0.2, 0.25) is 5.95 Å². The number of aromatic hydroxyl groups is 1. The molecule has 0 saturated carbocycles. The van der Waals surface area contributed by atoms with Crippen molar-refractivity contribution in [3.8, 4) is 5.75 Å². The lowest BCUT2D eigenvalue weighted by molar-refractivity contribution is 0.480. The van der Waals surface area contributed by atoms with E-state index in [2.05, 4.69) is 35.7 Å². The number of nitrogens with one attached hydrogen (secondary N) is 1. The average molecular weight is 705 g/mol. The first kappa shape index (κ1) is 33.2. The van der Waals surface area contributed by atoms with Crippen molar-refractivity contribution in [2.75, 3.05) is 11.1 Å². The molecule has 5 aromatic rings. The molecule has 4 aromatic carbocycles. The van der Waals surface area contributed by atoms with Crippen molar-refractivity contribution in [1.29, 1.82) is 0 Å². The zero-order chi connectivity index (χ0) is 34.3. The van der Waals surface area contributed by atoms with E-state index in [4.69, 9.17) is 17.3 Å². The second kappa shape index (κ2) is 12.5. The molecule has 0 unspecified atom stereocenters. The summed E-state index contributed by atoms with van der Waals surface area (Å²) in [5.41, 5.74) is 5.62. The predicted octanol–water partition coefficient (Wildman–Crippen LogP) is 7.23. The minimum Gasteiger partial charge on any atom is -0.505 e. The summed E-state index contributed by atoms with van der Waals surface area (Å²) in [6, 6.07) is 13.2. The summed E-state index contributed by atoms with van der Waals surface area (Å²) in [6.07, 6.45) is -1.45. The summed E-state index contributed by atoms with van der Waals surface area (Å²) in [7, 11) is -9.78. The first-order valence-electron chi connectivity index (χ1n) is 12.8. The van der Waals surface area contributed by atoms with Crippen LogP contribution < -0.4 is 11.1 Å². The Balaban J connectivity index is 1.61. The molecular weight excluding hydrogens is 686 g/mol. The summed E-state index contributed by atoms with van der Waals surface area (Å²) in [5, 5.41) is 28.4. The van der Waals surface area contributed by atoms with Gasteiger partial charge in [0.15, 0.2) is 11.6 Å². The van der Waals surface area contributed by atoms with Gasteiger partial charge in [-0.25, -0.2) is 0 Å². The molecule has 0 aliphatic rings. The first-order valence-corrected chi connectivity index (χ1v) is 16.0. The predicted molar refractivity (Wildman–Crippen MR) is 166 cm³/mol. The van der Waals surface area contributed by atoms with Gasteiger partial charge in [0, 0.05) is 5.69 Å². The van der Waals surface area contributed by atoms with Crippen LogP contribution in [-0.4, -0.2) is 41.0 Å². The Morgan fingerprint density at radius 3 is 2.23 bits per heavy atom. The highest BCUT2D eigenvalue weighted by molar-refractivity contribution is 7.86. The number of aryl methyl sites for hydroxylation is 1. The summed E-state index contributed by atoms with van der Waals surface area (Å²) in [5.74, 6) is -2.54. The maximum atomic E-state index is 13.8. The van der Waals surface area contributed by atoms with Crippen LogP contribution in [0.25, 0.3) is 10.8 Å². The number of fused-ring (bicyclic) bond motifs is 1. The molecule has 1 aromatic heterocycles. The highest BCUT2D eigenvalue weighted by Crippen LogP contribution is 2.46. The Hall–Kier alpha value is -5.21. The average Bonchev–Trinajstić information content (AvgIpc) is 2.97. The number of halogens is 3. The number of hydrogen-bond acceptors (Lipinski definition) is 13. The molecule has 0 aliphatic carbocycles. The number of nitrogens with two attached hydrogens (primary N) is 1. The molecule has 47 heavy (non-hydrogen) atoms. The van der Waals surface area contributed by atoms with Crippen LogP contribution in [0.5, 0.6) is 5.75 Å². The molecule has 0 spiro atoms. The maximum Gasteiger partial charge on any atom is 0.313 e. The van der Waals surface area contributed by atoms with Crippen molar-refractivity contribution < 1.29 is 39.8 Å². The second-order valence-electron chi connectivity index (χ2n) is 9.61. The van der Waals surface area contributed by atoms with Gasteiger partial charge in [0.05, 0.1) is 16.8 Å². The van der Waals surface area contributed by atoms with E-state index in [1.807, 2.05) is 0 Å². The maximum absolute atomic E-state index is 13.8. The van der Waals surface area contributed by atoms with E-state index in [1.54, 1.807) is 31.2 Å². The fraction of sp³-hybridized carbons (Fsp3) is 0.0370. The van der Waals surface area contributed by atoms with E-state index < -0.39 is 75.7 Å². The molecule has 0 aliphatic heterocycles. The third-order valence-electron chi connectivity index (χ3n) is 6.33. The molecule has 5 rings (SSSR count). The van der Waals surface area contributed by atoms with Gasteiger partial charge in [0.1, 0.15) is 31.9 Å². The summed E-state index contributed by atoms with van der Waals surface area (Å²) >= 11 is 5.78. The molecule has 0 fully saturated rings. The van der Waals surface area contributed by atoms with Crippen LogP contribution >= 0.6 is 11.6 Å². The van der Waals surface area contributed by atoms with E-state index in [1.165, 1.54) is 12.1 Å². The van der Waals surface area contributed by atoms with Crippen molar-refractivity contribution in [1.82, 2.24) is 9.97 Å². The zero-order valence-corrected chi connectivity index (χ0v) is 25.8. The zero-order valence-electron chi connectivity index (χ0n) is 23.5. The number of nitrogen functional groups attached to an aromatic ring is 1. The number of nitrogens with zero attached hydrogens (tertiary/aromatic N) is 6. The van der Waals surface area contributed by atoms with Gasteiger partial charge in [-0.2, -0.15) is 40.7 Å². The summed E-state index contributed by atoms with van der Waals surface area (Å²) in [4.78, 5) is 4.74. The standard InChI is InChI=1S/C27H19ClF2N8O7S2/c1-12-3-2-4-15(9-12)35-38-23-19(47(43,44)45)10-13-5-7-16(24(39)20(13)22(23)31)36-37-17-11-14(6-8-18(17)46(40,41)42)32-26-21(28)25(29)33-27(30)34-26/h2-11,39H,31H2,1H3,(H,32,33,34)(H,40,41,42)(H,43,44,45). The minimum absolute atomic E-state index is 0.0343. The smallest absolute Gasteiger partial charge is 0.313 e. The van der Waals surface area contributed by atoms with Crippen LogP contribution in [0, 0.1) is 18.9 Å². The van der Waals surface area contributed by atoms with Crippen LogP contribution in [0.4, 0.5) is 48.7 Å². The third kappa shape index (κ3) is 7.13. The van der Waals surface area contributed by atoms with Gasteiger partial charge < -0.3 is 16.2 Å². The minimum atomic E-state index is -4.90. The van der Waals surface area contributed by atoms with Crippen LogP contribution in [0.3, 0.4) is 0 Å². The molecule has 6 N–H and O–H groups in total. The highest BCUT2D eigenvalue weighted by atomic mass is 35.5. The molecule has 20 heteroatoms. The molecule has 15 nitrogen and oxygen atoms in total. The molecule has 1 heterocycles. The molecule has 0 saturated heterocycles. The summed E-state index contributed by atoms with van der Waals surface area (Å²) < 4.78 is 95.4. The highest BCUT2D eigenvalue weighted by Gasteiger charge is 2.24. The number of hydrogen-bond donors (Lipinski definition) is 5. The normalized spacial score (nSPS) is 12.4. The fourth-order valence-electron chi connectivity index (χ4n) is 4.25. The number of benzene rings is 4. The van der Waals surface area contributed by atoms with Gasteiger partial charge in [0.25, 0.3) is 20.2 Å². The number of rotatable bonds is 8. The van der Waals surface area contributed by atoms with Crippen molar-refractivity contribution in [2.24, 2.45) is 20.5 Å². The molecular formula is C27H19ClF2N8O7S2. The van der Waals surface area contributed by atoms with E-state index in [-0.39, 0.29) is 22.1 Å². The number of phenols is 1. The molecule has 242 valence electrons. The van der Waals surface area contributed by atoms with Crippen molar-refractivity contribution in [3.05, 3.63) is 83.3 Å². The van der Waals surface area contributed by atoms with Gasteiger partial charge >= 0.3 is 6.08 Å². The largest absolute Gasteiger partial charge is 0.505 e. The van der Waals surface area contributed by atoms with Crippen molar-refractivity contribution in [3.63, 3.8) is 0 Å². The monoisotopic (exact) mass is 704 g/mol. The summed E-state index contributed by atoms with van der Waals surface area (Å²) in [6.45, 7) is 1.79. The quantitative estimate of drug-likeness (QED) is 0.0355. The van der Waals surface area contributed by atoms with Crippen LogP contribution in [0.2, 0.25) is 5.02 Å². The Morgan fingerprint density at radius 1 is 0.851 bits per heavy atom. The second-order valence-corrected chi connectivity index (χ2v) is 12.8. The lowest BCUT2D eigenvalue weighted by Crippen LogP contribution is -2.03. The van der Waals surface area contributed by atoms with E-state index in [0.717, 1.165) is 29.8 Å². The Kier molecular flexibility index (Phi) is 8.84. The van der Waals surface area contributed by atoms with E-state index in [0.29, 0.717) is 5.69 Å². The Labute approximate surface area is 269 Å². The van der Waals surface area contributed by atoms with Crippen LogP contribution in [0.15, 0.2) is 90.9 Å². The number of phenolic OH excluding ortho intramolecular Hbond substituents is 1. The molecule has 0 atom stereocenters. The van der Waals surface area contributed by atoms with Crippen LogP contribution in [0.1, 0.15) is 5.56 Å². The Bertz CT molecular complexity index is 2380. The SMILES string of the molecule is Cc1cccc(N=Nc2c(S(=O)(=O)O)cc3ccc(N=Nc4cc(Nc5nc(F)nc(F)c5Cl)ccc4S(=O)(=O)O)c(O)c3c2N)c1. The number of anilines is 3. The third-order valence-corrected chi connectivity index (χ3v) is 8.43. The number of aromatic nitrogens is 2. The molecule has 0 radical (unpaired) electrons. The topological polar surface area (TPSA) is 242 Å². The molecule has 0 amide bonds. The van der Waals surface area contributed by atoms with E-state index in [9.17, 15) is 39.8 Å². The van der Waals surface area contributed by atoms with Gasteiger partial charge in [-0.3, -0.25) is 9.11 Å². The molecule has 0 bridgehead atoms. The lowest BCUT2D eigenvalue weighted by atomic mass is 10.1. The van der Waals surface area contributed by atoms with E-state index >= 15 is 0 Å². The van der Waals surface area contributed by atoms with Gasteiger partial charge in [-0.05, 0) is 60.3 Å². The van der Waals surface area contributed by atoms with Gasteiger partial charge in [-0.1, -0.05) is 29.8 Å². The number of azo groups is 2. The lowest BCUT2D eigenvalue weighted by Gasteiger charge is -2.12. The first-order chi connectivity index (χ1) is 22.0. The fourth-order valence-corrected chi connectivity index (χ4v) is 5.66. The Morgan fingerprint density at radius 2 is 1.55 bits per heavy atom. The van der Waals surface area contributed by atoms with Crippen molar-refractivity contribution in [2.45, 2.75) is 16.7 Å². The van der Waals surface area contributed by atoms with Crippen LogP contribution in [-0.2, 0) is 20.2 Å².